The number of amides is 2. The molecule has 1 fully saturated rings. The molecule has 0 saturated carbocycles. The van der Waals surface area contributed by atoms with Crippen molar-refractivity contribution in [1.29, 1.82) is 0 Å². The largest absolute Gasteiger partial charge is 0.445 e. The zero-order valence-corrected chi connectivity index (χ0v) is 12.6. The molecule has 1 atom stereocenters. The first-order valence-electron chi connectivity index (χ1n) is 7.33. The minimum Gasteiger partial charge on any atom is -0.445 e. The Hall–Kier alpha value is -2.37. The van der Waals surface area contributed by atoms with Crippen LogP contribution in [0.3, 0.4) is 0 Å². The van der Waals surface area contributed by atoms with Crippen molar-refractivity contribution >= 4 is 18.3 Å². The zero-order valence-electron chi connectivity index (χ0n) is 12.6. The molecular weight excluding hydrogens is 284 g/mol. The lowest BCUT2D eigenvalue weighted by atomic mass is 10.2. The predicted molar refractivity (Wildman–Crippen MR) is 80.1 cm³/mol. The maximum Gasteiger partial charge on any atom is 0.410 e. The van der Waals surface area contributed by atoms with Gasteiger partial charge in [0.05, 0.1) is 0 Å². The normalized spacial score (nSPS) is 18.2. The highest BCUT2D eigenvalue weighted by molar-refractivity contribution is 5.86. The van der Waals surface area contributed by atoms with Gasteiger partial charge in [-0.2, -0.15) is 0 Å². The molecule has 1 saturated heterocycles. The molecule has 1 unspecified atom stereocenters. The Morgan fingerprint density at radius 3 is 2.73 bits per heavy atom. The standard InChI is InChI=1S/C16H20N2O4/c1-13-15(20)17(8-5-11-19)9-10-18(13)16(21)22-12-14-6-3-2-4-7-14/h2-4,6-7,11,13H,5,8-10,12H2,1H3. The number of nitrogens with zero attached hydrogens (tertiary/aromatic N) is 2. The summed E-state index contributed by atoms with van der Waals surface area (Å²) in [6.45, 7) is 3.11. The van der Waals surface area contributed by atoms with E-state index < -0.39 is 12.1 Å². The average Bonchev–Trinajstić information content (AvgIpc) is 2.55. The number of piperazine rings is 1. The van der Waals surface area contributed by atoms with Crippen LogP contribution in [-0.2, 0) is 20.9 Å². The van der Waals surface area contributed by atoms with E-state index in [0.29, 0.717) is 26.1 Å². The molecule has 0 spiro atoms. The molecule has 0 N–H and O–H groups in total. The molecule has 1 aromatic carbocycles. The number of carbonyl (C=O) groups excluding carboxylic acids is 3. The first-order chi connectivity index (χ1) is 10.6. The van der Waals surface area contributed by atoms with Crippen LogP contribution in [0.2, 0.25) is 0 Å². The zero-order chi connectivity index (χ0) is 15.9. The number of ether oxygens (including phenoxy) is 1. The minimum absolute atomic E-state index is 0.148. The first kappa shape index (κ1) is 16.0. The fraction of sp³-hybridized carbons (Fsp3) is 0.438. The van der Waals surface area contributed by atoms with Gasteiger partial charge in [-0.25, -0.2) is 4.79 Å². The summed E-state index contributed by atoms with van der Waals surface area (Å²) in [5.41, 5.74) is 0.902. The lowest BCUT2D eigenvalue weighted by Crippen LogP contribution is -2.57. The highest BCUT2D eigenvalue weighted by Crippen LogP contribution is 2.14. The molecule has 6 nitrogen and oxygen atoms in total. The van der Waals surface area contributed by atoms with Crippen LogP contribution in [0.25, 0.3) is 0 Å². The van der Waals surface area contributed by atoms with Gasteiger partial charge in [0.15, 0.2) is 0 Å². The van der Waals surface area contributed by atoms with Gasteiger partial charge in [0.1, 0.15) is 18.9 Å². The van der Waals surface area contributed by atoms with Gasteiger partial charge < -0.3 is 14.4 Å². The van der Waals surface area contributed by atoms with E-state index in [1.165, 1.54) is 4.90 Å². The quantitative estimate of drug-likeness (QED) is 0.772. The minimum atomic E-state index is -0.566. The molecule has 0 aromatic heterocycles. The number of benzene rings is 1. The molecule has 2 amide bonds. The van der Waals surface area contributed by atoms with Crippen LogP contribution >= 0.6 is 0 Å². The Labute approximate surface area is 129 Å². The van der Waals surface area contributed by atoms with Crippen LogP contribution in [0.1, 0.15) is 18.9 Å². The lowest BCUT2D eigenvalue weighted by molar-refractivity contribution is -0.140. The van der Waals surface area contributed by atoms with Gasteiger partial charge in [0.25, 0.3) is 0 Å². The van der Waals surface area contributed by atoms with Crippen molar-refractivity contribution in [2.75, 3.05) is 19.6 Å². The van der Waals surface area contributed by atoms with E-state index in [4.69, 9.17) is 4.74 Å². The van der Waals surface area contributed by atoms with E-state index >= 15 is 0 Å². The van der Waals surface area contributed by atoms with E-state index in [1.54, 1.807) is 11.8 Å². The Balaban J connectivity index is 1.88. The van der Waals surface area contributed by atoms with E-state index in [2.05, 4.69) is 0 Å². The molecule has 1 aromatic rings. The van der Waals surface area contributed by atoms with Gasteiger partial charge in [-0.3, -0.25) is 9.69 Å². The van der Waals surface area contributed by atoms with Crippen molar-refractivity contribution in [3.8, 4) is 0 Å². The highest BCUT2D eigenvalue weighted by Gasteiger charge is 2.34. The summed E-state index contributed by atoms with van der Waals surface area (Å²) in [7, 11) is 0. The van der Waals surface area contributed by atoms with Crippen molar-refractivity contribution in [2.24, 2.45) is 0 Å². The monoisotopic (exact) mass is 304 g/mol. The smallest absolute Gasteiger partial charge is 0.410 e. The molecule has 22 heavy (non-hydrogen) atoms. The number of aldehydes is 1. The molecule has 6 heteroatoms. The summed E-state index contributed by atoms with van der Waals surface area (Å²) in [6.07, 6.45) is 0.620. The summed E-state index contributed by atoms with van der Waals surface area (Å²) in [4.78, 5) is 37.8. The van der Waals surface area contributed by atoms with Crippen LogP contribution in [-0.4, -0.2) is 53.8 Å². The van der Waals surface area contributed by atoms with Crippen molar-refractivity contribution in [2.45, 2.75) is 26.0 Å². The van der Waals surface area contributed by atoms with Crippen molar-refractivity contribution in [3.63, 3.8) is 0 Å². The van der Waals surface area contributed by atoms with Crippen LogP contribution < -0.4 is 0 Å². The molecule has 0 radical (unpaired) electrons. The third-order valence-electron chi connectivity index (χ3n) is 3.70. The number of hydrogen-bond acceptors (Lipinski definition) is 4. The maximum atomic E-state index is 12.2. The van der Waals surface area contributed by atoms with Crippen molar-refractivity contribution < 1.29 is 19.1 Å². The topological polar surface area (TPSA) is 66.9 Å². The maximum absolute atomic E-state index is 12.2. The number of rotatable bonds is 5. The Morgan fingerprint density at radius 2 is 2.05 bits per heavy atom. The average molecular weight is 304 g/mol. The van der Waals surface area contributed by atoms with Crippen LogP contribution in [0, 0.1) is 0 Å². The molecule has 1 heterocycles. The van der Waals surface area contributed by atoms with Crippen molar-refractivity contribution in [3.05, 3.63) is 35.9 Å². The van der Waals surface area contributed by atoms with Gasteiger partial charge in [0, 0.05) is 26.1 Å². The summed E-state index contributed by atoms with van der Waals surface area (Å²) < 4.78 is 5.26. The molecule has 1 aliphatic rings. The van der Waals surface area contributed by atoms with E-state index in [1.807, 2.05) is 30.3 Å². The molecule has 118 valence electrons. The Bertz CT molecular complexity index is 532. The summed E-state index contributed by atoms with van der Waals surface area (Å²) in [5, 5.41) is 0. The second-order valence-corrected chi connectivity index (χ2v) is 5.19. The fourth-order valence-corrected chi connectivity index (χ4v) is 2.41. The van der Waals surface area contributed by atoms with Crippen LogP contribution in [0.5, 0.6) is 0 Å². The Morgan fingerprint density at radius 1 is 1.32 bits per heavy atom. The van der Waals surface area contributed by atoms with Gasteiger partial charge in [0.2, 0.25) is 5.91 Å². The number of hydrogen-bond donors (Lipinski definition) is 0. The lowest BCUT2D eigenvalue weighted by Gasteiger charge is -2.38. The van der Waals surface area contributed by atoms with E-state index in [0.717, 1.165) is 11.8 Å². The van der Waals surface area contributed by atoms with E-state index in [-0.39, 0.29) is 12.5 Å². The van der Waals surface area contributed by atoms with Gasteiger partial charge in [-0.15, -0.1) is 0 Å². The van der Waals surface area contributed by atoms with Crippen molar-refractivity contribution in [1.82, 2.24) is 9.80 Å². The summed E-state index contributed by atoms with van der Waals surface area (Å²) in [5.74, 6) is -0.148. The van der Waals surface area contributed by atoms with Gasteiger partial charge in [-0.05, 0) is 12.5 Å². The van der Waals surface area contributed by atoms with Gasteiger partial charge in [-0.1, -0.05) is 30.3 Å². The Kier molecular flexibility index (Phi) is 5.52. The third-order valence-corrected chi connectivity index (χ3v) is 3.70. The molecule has 0 aliphatic carbocycles. The highest BCUT2D eigenvalue weighted by atomic mass is 16.6. The third kappa shape index (κ3) is 3.84. The van der Waals surface area contributed by atoms with Crippen LogP contribution in [0.15, 0.2) is 30.3 Å². The predicted octanol–water partition coefficient (Wildman–Crippen LogP) is 1.44. The van der Waals surface area contributed by atoms with Crippen LogP contribution in [0.4, 0.5) is 4.79 Å². The summed E-state index contributed by atoms with van der Waals surface area (Å²) in [6, 6.07) is 8.83. The second kappa shape index (κ2) is 7.59. The number of carbonyl (C=O) groups is 3. The van der Waals surface area contributed by atoms with Gasteiger partial charge >= 0.3 is 6.09 Å². The molecule has 1 aliphatic heterocycles. The fourth-order valence-electron chi connectivity index (χ4n) is 2.41. The van der Waals surface area contributed by atoms with E-state index in [9.17, 15) is 14.4 Å². The first-order valence-corrected chi connectivity index (χ1v) is 7.33. The molecule has 0 bridgehead atoms. The SMILES string of the molecule is CC1C(=O)N(CCC=O)CCN1C(=O)OCc1ccccc1. The molecule has 2 rings (SSSR count). The molecular formula is C16H20N2O4. The second-order valence-electron chi connectivity index (χ2n) is 5.19. The summed E-state index contributed by atoms with van der Waals surface area (Å²) >= 11 is 0.